The Bertz CT molecular complexity index is 1150. The monoisotopic (exact) mass is 702 g/mol. The van der Waals surface area contributed by atoms with E-state index >= 15 is 0 Å². The van der Waals surface area contributed by atoms with E-state index in [0.717, 1.165) is 0 Å². The summed E-state index contributed by atoms with van der Waals surface area (Å²) >= 11 is 0. The fourth-order valence-electron chi connectivity index (χ4n) is 2.73. The number of halogens is 25. The van der Waals surface area contributed by atoms with Crippen LogP contribution in [-0.4, -0.2) is 65.4 Å². The molecule has 0 atom stereocenters. The van der Waals surface area contributed by atoms with E-state index in [-0.39, 0.29) is 43.1 Å². The molecular formula is C18H4F25Li. The van der Waals surface area contributed by atoms with Gasteiger partial charge in [-0.2, -0.15) is 140 Å². The molecule has 0 aliphatic carbocycles. The maximum atomic E-state index is 13.9. The second-order valence-corrected chi connectivity index (χ2v) is 8.10. The van der Waals surface area contributed by atoms with E-state index in [1.54, 1.807) is 6.07 Å². The minimum atomic E-state index is -9.59. The molecule has 0 amide bonds. The predicted molar refractivity (Wildman–Crippen MR) is 84.7 cm³/mol. The van der Waals surface area contributed by atoms with Gasteiger partial charge in [0.15, 0.2) is 0 Å². The molecule has 0 nitrogen and oxygen atoms in total. The van der Waals surface area contributed by atoms with Gasteiger partial charge < -0.3 is 0 Å². The van der Waals surface area contributed by atoms with E-state index in [4.69, 9.17) is 0 Å². The van der Waals surface area contributed by atoms with Gasteiger partial charge in [-0.3, -0.25) is 0 Å². The molecular weight excluding hydrogens is 698 g/mol. The van der Waals surface area contributed by atoms with Crippen molar-refractivity contribution in [1.29, 1.82) is 0 Å². The molecule has 0 saturated carbocycles. The van der Waals surface area contributed by atoms with E-state index < -0.39 is 76.9 Å². The van der Waals surface area contributed by atoms with Gasteiger partial charge in [-0.05, 0) is 0 Å². The molecule has 0 aliphatic rings. The number of rotatable bonds is 11. The Morgan fingerprint density at radius 3 is 0.750 bits per heavy atom. The van der Waals surface area contributed by atoms with Crippen molar-refractivity contribution in [3.63, 3.8) is 0 Å². The summed E-state index contributed by atoms with van der Waals surface area (Å²) in [5.74, 6) is -98.4. The molecule has 1 aromatic rings. The minimum Gasteiger partial charge on any atom is -0.196 e. The zero-order chi connectivity index (χ0) is 35.1. The van der Waals surface area contributed by atoms with Crippen LogP contribution in [0.5, 0.6) is 0 Å². The van der Waals surface area contributed by atoms with Crippen LogP contribution in [0, 0.1) is 6.07 Å². The Hall–Kier alpha value is -1.93. The Kier molecular flexibility index (Phi) is 10.3. The molecule has 1 rings (SSSR count). The summed E-state index contributed by atoms with van der Waals surface area (Å²) in [6.45, 7) is 0. The fraction of sp³-hybridized carbons (Fsp3) is 0.667. The molecule has 0 aliphatic heterocycles. The number of alkyl halides is 25. The van der Waals surface area contributed by atoms with Crippen molar-refractivity contribution in [3.05, 3.63) is 35.9 Å². The molecule has 0 aromatic heterocycles. The first-order valence-corrected chi connectivity index (χ1v) is 9.55. The van der Waals surface area contributed by atoms with Gasteiger partial charge >= 0.3 is 90.2 Å². The largest absolute Gasteiger partial charge is 1.00 e. The molecule has 0 spiro atoms. The molecule has 26 heteroatoms. The molecule has 0 radical (unpaired) electrons. The van der Waals surface area contributed by atoms with Crippen LogP contribution in [0.15, 0.2) is 24.3 Å². The van der Waals surface area contributed by atoms with Crippen LogP contribution in [0.1, 0.15) is 5.56 Å². The third-order valence-corrected chi connectivity index (χ3v) is 5.38. The normalized spacial score (nSPS) is 16.1. The summed E-state index contributed by atoms with van der Waals surface area (Å²) in [6, 6.07) is 1.20. The average Bonchev–Trinajstić information content (AvgIpc) is 2.82. The van der Waals surface area contributed by atoms with E-state index in [0.29, 0.717) is 0 Å². The van der Waals surface area contributed by atoms with Crippen LogP contribution in [0.3, 0.4) is 0 Å². The molecule has 0 bridgehead atoms. The first kappa shape index (κ1) is 42.1. The summed E-state index contributed by atoms with van der Waals surface area (Å²) in [5.41, 5.74) is -2.55. The maximum Gasteiger partial charge on any atom is 1.00 e. The topological polar surface area (TPSA) is 0 Å². The zero-order valence-electron chi connectivity index (χ0n) is 19.8. The van der Waals surface area contributed by atoms with Crippen molar-refractivity contribution < 1.29 is 129 Å². The third-order valence-electron chi connectivity index (χ3n) is 5.38. The second-order valence-electron chi connectivity index (χ2n) is 8.10. The fourth-order valence-corrected chi connectivity index (χ4v) is 2.73. The van der Waals surface area contributed by atoms with Gasteiger partial charge in [0.05, 0.1) is 0 Å². The third kappa shape index (κ3) is 4.96. The Morgan fingerprint density at radius 1 is 0.318 bits per heavy atom. The van der Waals surface area contributed by atoms with Crippen LogP contribution in [0.2, 0.25) is 0 Å². The molecule has 1 aromatic carbocycles. The molecule has 0 saturated heterocycles. The first-order chi connectivity index (χ1) is 18.4. The maximum absolute atomic E-state index is 13.9. The molecule has 252 valence electrons. The van der Waals surface area contributed by atoms with Crippen molar-refractivity contribution in [3.8, 4) is 0 Å². The van der Waals surface area contributed by atoms with Gasteiger partial charge in [0.25, 0.3) is 0 Å². The smallest absolute Gasteiger partial charge is 0.196 e. The van der Waals surface area contributed by atoms with Crippen LogP contribution < -0.4 is 18.9 Å². The average molecular weight is 702 g/mol. The van der Waals surface area contributed by atoms with Gasteiger partial charge in [-0.1, -0.05) is 5.56 Å². The van der Waals surface area contributed by atoms with Crippen LogP contribution in [-0.2, 0) is 5.92 Å². The molecule has 0 heterocycles. The number of hydrogen-bond donors (Lipinski definition) is 0. The SMILES string of the molecule is FC(F)(F)C(F)(F)C(F)(F)C(F)(F)C(F)(F)C(F)(F)C(F)(F)C(F)(F)C(F)(F)C(F)(F)C(F)(F)C(F)(F)c1cc[c-]cc1.[Li+]. The van der Waals surface area contributed by atoms with Gasteiger partial charge in [0, 0.05) is 0 Å². The summed E-state index contributed by atoms with van der Waals surface area (Å²) in [7, 11) is 0. The van der Waals surface area contributed by atoms with Crippen LogP contribution in [0.25, 0.3) is 0 Å². The predicted octanol–water partition coefficient (Wildman–Crippen LogP) is 6.50. The van der Waals surface area contributed by atoms with Crippen LogP contribution in [0.4, 0.5) is 110 Å². The summed E-state index contributed by atoms with van der Waals surface area (Å²) < 4.78 is 335. The summed E-state index contributed by atoms with van der Waals surface area (Å²) in [5, 5.41) is 0. The summed E-state index contributed by atoms with van der Waals surface area (Å²) in [6.07, 6.45) is -8.17. The number of benzene rings is 1. The Morgan fingerprint density at radius 2 is 0.523 bits per heavy atom. The standard InChI is InChI=1S/C18H4F25.Li/c19-7(20,6-4-2-1-3-5-6)8(21,22)9(23,24)10(25,26)11(27,28)12(29,30)13(31,32)14(33,34)15(35,36)16(37,38)17(39,40)18(41,42)43;/h2-5H;/q-1;+1. The van der Waals surface area contributed by atoms with E-state index in [2.05, 4.69) is 0 Å². The van der Waals surface area contributed by atoms with Crippen molar-refractivity contribution in [1.82, 2.24) is 0 Å². The number of hydrogen-bond acceptors (Lipinski definition) is 0. The van der Waals surface area contributed by atoms with Gasteiger partial charge in [-0.25, -0.2) is 0 Å². The zero-order valence-corrected chi connectivity index (χ0v) is 19.8. The second kappa shape index (κ2) is 10.8. The van der Waals surface area contributed by atoms with Crippen molar-refractivity contribution in [2.75, 3.05) is 0 Å². The first-order valence-electron chi connectivity index (χ1n) is 9.55. The molecule has 0 N–H and O–H groups in total. The minimum absolute atomic E-state index is 0. The van der Waals surface area contributed by atoms with Crippen molar-refractivity contribution in [2.24, 2.45) is 0 Å². The molecule has 0 unspecified atom stereocenters. The van der Waals surface area contributed by atoms with Gasteiger partial charge in [-0.15, -0.1) is 0 Å². The van der Waals surface area contributed by atoms with E-state index in [1.807, 2.05) is 0 Å². The van der Waals surface area contributed by atoms with Gasteiger partial charge in [0.2, 0.25) is 0 Å². The van der Waals surface area contributed by atoms with Crippen molar-refractivity contribution >= 4 is 0 Å². The molecule has 44 heavy (non-hydrogen) atoms. The van der Waals surface area contributed by atoms with E-state index in [1.165, 1.54) is 0 Å². The Labute approximate surface area is 236 Å². The summed E-state index contributed by atoms with van der Waals surface area (Å²) in [4.78, 5) is 0. The van der Waals surface area contributed by atoms with Gasteiger partial charge in [0.1, 0.15) is 0 Å². The Balaban J connectivity index is 0.0000185. The van der Waals surface area contributed by atoms with E-state index in [9.17, 15) is 110 Å². The van der Waals surface area contributed by atoms with Crippen molar-refractivity contribution in [2.45, 2.75) is 71.3 Å². The molecule has 0 fully saturated rings. The van der Waals surface area contributed by atoms with Crippen LogP contribution >= 0.6 is 0 Å². The quantitative estimate of drug-likeness (QED) is 0.141.